The number of hydrogen-bond donors (Lipinski definition) is 1. The molecule has 0 amide bonds. The molecule has 4 nitrogen and oxygen atoms in total. The maximum atomic E-state index is 13.2. The molecular weight excluding hydrogens is 326 g/mol. The topological polar surface area (TPSA) is 55.4 Å². The van der Waals surface area contributed by atoms with Gasteiger partial charge in [-0.05, 0) is 37.0 Å². The number of nitrogens with one attached hydrogen (secondary N) is 1. The molecule has 0 saturated carbocycles. The Hall–Kier alpha value is -1.19. The van der Waals surface area contributed by atoms with Crippen molar-refractivity contribution < 1.29 is 30.7 Å². The summed E-state index contributed by atoms with van der Waals surface area (Å²) in [6.45, 7) is 1.09. The van der Waals surface area contributed by atoms with Gasteiger partial charge in [0.1, 0.15) is 5.82 Å². The van der Waals surface area contributed by atoms with Crippen molar-refractivity contribution in [3.63, 3.8) is 0 Å². The van der Waals surface area contributed by atoms with Crippen LogP contribution in [0.2, 0.25) is 0 Å². The number of rotatable bonds is 4. The fourth-order valence-electron chi connectivity index (χ4n) is 2.17. The summed E-state index contributed by atoms with van der Waals surface area (Å²) in [5.41, 5.74) is -1.60. The normalized spacial score (nSPS) is 20.1. The highest BCUT2D eigenvalue weighted by atomic mass is 32.2. The lowest BCUT2D eigenvalue weighted by molar-refractivity contribution is -0.140. The van der Waals surface area contributed by atoms with E-state index in [9.17, 15) is 26.0 Å². The molecule has 0 radical (unpaired) electrons. The fraction of sp³-hybridized carbons (Fsp3) is 0.538. The number of alkyl halides is 3. The largest absolute Gasteiger partial charge is 0.419 e. The standard InChI is InChI=1S/C13H15F4NO3S/c14-12-4-3-10(6-11(12)13(15,16)17)22(19,20)18-7-9-2-1-5-21-8-9/h3-4,6,9,18H,1-2,5,7-8H2/t9-/m0/s1. The van der Waals surface area contributed by atoms with Crippen molar-refractivity contribution in [1.29, 1.82) is 0 Å². The molecule has 0 aromatic heterocycles. The average Bonchev–Trinajstić information content (AvgIpc) is 2.45. The zero-order valence-electron chi connectivity index (χ0n) is 11.5. The van der Waals surface area contributed by atoms with Gasteiger partial charge in [-0.2, -0.15) is 13.2 Å². The molecule has 0 spiro atoms. The van der Waals surface area contributed by atoms with Crippen LogP contribution in [0.4, 0.5) is 17.6 Å². The number of halogens is 4. The first-order chi connectivity index (χ1) is 10.2. The summed E-state index contributed by atoms with van der Waals surface area (Å²) in [4.78, 5) is -0.613. The highest BCUT2D eigenvalue weighted by Crippen LogP contribution is 2.32. The Morgan fingerprint density at radius 3 is 2.64 bits per heavy atom. The molecule has 1 aliphatic rings. The van der Waals surface area contributed by atoms with Gasteiger partial charge < -0.3 is 4.74 Å². The quantitative estimate of drug-likeness (QED) is 0.857. The zero-order chi connectivity index (χ0) is 16.4. The van der Waals surface area contributed by atoms with Gasteiger partial charge in [0.25, 0.3) is 0 Å². The number of hydrogen-bond acceptors (Lipinski definition) is 3. The van der Waals surface area contributed by atoms with Crippen LogP contribution in [0.5, 0.6) is 0 Å². The molecule has 1 aliphatic heterocycles. The molecule has 0 bridgehead atoms. The third-order valence-corrected chi connectivity index (χ3v) is 4.79. The predicted octanol–water partition coefficient (Wildman–Crippen LogP) is 2.55. The Kier molecular flexibility index (Phi) is 5.08. The molecule has 1 fully saturated rings. The minimum absolute atomic E-state index is 0.0222. The van der Waals surface area contributed by atoms with Crippen molar-refractivity contribution in [3.05, 3.63) is 29.6 Å². The van der Waals surface area contributed by atoms with Gasteiger partial charge in [-0.15, -0.1) is 0 Å². The SMILES string of the molecule is O=S(=O)(NC[C@@H]1CCCOC1)c1ccc(F)c(C(F)(F)F)c1. The Morgan fingerprint density at radius 1 is 1.32 bits per heavy atom. The molecule has 1 aromatic carbocycles. The summed E-state index contributed by atoms with van der Waals surface area (Å²) in [6, 6.07) is 1.61. The predicted molar refractivity (Wildman–Crippen MR) is 70.1 cm³/mol. The lowest BCUT2D eigenvalue weighted by Gasteiger charge is -2.22. The van der Waals surface area contributed by atoms with E-state index in [4.69, 9.17) is 4.74 Å². The first-order valence-corrected chi connectivity index (χ1v) is 8.12. The lowest BCUT2D eigenvalue weighted by atomic mass is 10.0. The van der Waals surface area contributed by atoms with Crippen molar-refractivity contribution in [1.82, 2.24) is 4.72 Å². The molecule has 22 heavy (non-hydrogen) atoms. The Bertz CT molecular complexity index is 625. The van der Waals surface area contributed by atoms with Crippen LogP contribution in [0.3, 0.4) is 0 Å². The van der Waals surface area contributed by atoms with Gasteiger partial charge in [-0.3, -0.25) is 0 Å². The Balaban J connectivity index is 2.15. The van der Waals surface area contributed by atoms with Crippen LogP contribution in [0.25, 0.3) is 0 Å². The third-order valence-electron chi connectivity index (χ3n) is 3.37. The van der Waals surface area contributed by atoms with Crippen LogP contribution in [0.1, 0.15) is 18.4 Å². The highest BCUT2D eigenvalue weighted by molar-refractivity contribution is 7.89. The molecule has 1 aromatic rings. The van der Waals surface area contributed by atoms with Gasteiger partial charge in [0.05, 0.1) is 17.1 Å². The minimum atomic E-state index is -4.95. The highest BCUT2D eigenvalue weighted by Gasteiger charge is 2.35. The summed E-state index contributed by atoms with van der Waals surface area (Å²) >= 11 is 0. The number of ether oxygens (including phenoxy) is 1. The minimum Gasteiger partial charge on any atom is -0.381 e. The van der Waals surface area contributed by atoms with E-state index in [0.29, 0.717) is 25.3 Å². The van der Waals surface area contributed by atoms with Crippen LogP contribution in [0.15, 0.2) is 23.1 Å². The summed E-state index contributed by atoms with van der Waals surface area (Å²) in [5.74, 6) is -1.53. The second-order valence-electron chi connectivity index (χ2n) is 5.07. The zero-order valence-corrected chi connectivity index (χ0v) is 12.3. The second kappa shape index (κ2) is 6.51. The lowest BCUT2D eigenvalue weighted by Crippen LogP contribution is -2.33. The van der Waals surface area contributed by atoms with E-state index in [1.165, 1.54) is 0 Å². The molecule has 124 valence electrons. The molecule has 1 atom stereocenters. The smallest absolute Gasteiger partial charge is 0.381 e. The van der Waals surface area contributed by atoms with E-state index in [0.717, 1.165) is 18.9 Å². The van der Waals surface area contributed by atoms with Gasteiger partial charge in [0.2, 0.25) is 10.0 Å². The first kappa shape index (κ1) is 17.2. The van der Waals surface area contributed by atoms with Gasteiger partial charge in [-0.1, -0.05) is 0 Å². The molecule has 1 saturated heterocycles. The molecule has 1 heterocycles. The Labute approximate surface area is 125 Å². The Morgan fingerprint density at radius 2 is 2.05 bits per heavy atom. The summed E-state index contributed by atoms with van der Waals surface area (Å²) in [5, 5.41) is 0. The van der Waals surface area contributed by atoms with Crippen LogP contribution in [0, 0.1) is 11.7 Å². The van der Waals surface area contributed by atoms with Crippen LogP contribution >= 0.6 is 0 Å². The van der Waals surface area contributed by atoms with Crippen molar-refractivity contribution >= 4 is 10.0 Å². The van der Waals surface area contributed by atoms with Crippen LogP contribution < -0.4 is 4.72 Å². The van der Waals surface area contributed by atoms with E-state index in [1.54, 1.807) is 0 Å². The van der Waals surface area contributed by atoms with E-state index < -0.39 is 32.5 Å². The summed E-state index contributed by atoms with van der Waals surface area (Å²) in [7, 11) is -4.13. The van der Waals surface area contributed by atoms with E-state index in [-0.39, 0.29) is 12.5 Å². The second-order valence-corrected chi connectivity index (χ2v) is 6.84. The average molecular weight is 341 g/mol. The first-order valence-electron chi connectivity index (χ1n) is 6.64. The summed E-state index contributed by atoms with van der Waals surface area (Å²) in [6.07, 6.45) is -3.37. The van der Waals surface area contributed by atoms with Gasteiger partial charge in [-0.25, -0.2) is 17.5 Å². The molecule has 1 N–H and O–H groups in total. The maximum absolute atomic E-state index is 13.2. The fourth-order valence-corrected chi connectivity index (χ4v) is 3.31. The van der Waals surface area contributed by atoms with Gasteiger partial charge in [0, 0.05) is 13.2 Å². The van der Waals surface area contributed by atoms with E-state index in [2.05, 4.69) is 4.72 Å². The molecule has 0 aliphatic carbocycles. The van der Waals surface area contributed by atoms with Gasteiger partial charge >= 0.3 is 6.18 Å². The number of sulfonamides is 1. The van der Waals surface area contributed by atoms with E-state index in [1.807, 2.05) is 0 Å². The monoisotopic (exact) mass is 341 g/mol. The van der Waals surface area contributed by atoms with E-state index >= 15 is 0 Å². The third kappa shape index (κ3) is 4.17. The molecular formula is C13H15F4NO3S. The summed E-state index contributed by atoms with van der Waals surface area (Å²) < 4.78 is 82.5. The molecule has 9 heteroatoms. The molecule has 0 unspecified atom stereocenters. The van der Waals surface area contributed by atoms with Gasteiger partial charge in [0.15, 0.2) is 0 Å². The maximum Gasteiger partial charge on any atom is 0.419 e. The molecule has 2 rings (SSSR count). The van der Waals surface area contributed by atoms with Crippen molar-refractivity contribution in [2.45, 2.75) is 23.9 Å². The van der Waals surface area contributed by atoms with Crippen molar-refractivity contribution in [2.24, 2.45) is 5.92 Å². The van der Waals surface area contributed by atoms with Crippen LogP contribution in [-0.4, -0.2) is 28.2 Å². The van der Waals surface area contributed by atoms with Crippen molar-refractivity contribution in [2.75, 3.05) is 19.8 Å². The van der Waals surface area contributed by atoms with Crippen LogP contribution in [-0.2, 0) is 20.9 Å². The van der Waals surface area contributed by atoms with Crippen molar-refractivity contribution in [3.8, 4) is 0 Å². The number of benzene rings is 1.